The van der Waals surface area contributed by atoms with E-state index in [0.717, 1.165) is 10.9 Å². The highest BCUT2D eigenvalue weighted by Gasteiger charge is 2.08. The Balaban J connectivity index is 1.99. The van der Waals surface area contributed by atoms with E-state index in [0.29, 0.717) is 11.4 Å². The van der Waals surface area contributed by atoms with Gasteiger partial charge in [0.15, 0.2) is 0 Å². The number of fused-ring (bicyclic) bond motifs is 1. The second-order valence-corrected chi connectivity index (χ2v) is 3.69. The number of oxazole rings is 1. The molecular weight excluding hydrogens is 232 g/mol. The average molecular weight is 242 g/mol. The van der Waals surface area contributed by atoms with Crippen LogP contribution in [0.1, 0.15) is 5.69 Å². The van der Waals surface area contributed by atoms with Crippen LogP contribution in [0.3, 0.4) is 0 Å². The molecule has 0 aliphatic heterocycles. The molecule has 2 aromatic heterocycles. The average Bonchev–Trinajstić information content (AvgIpc) is 2.87. The third-order valence-corrected chi connectivity index (χ3v) is 2.50. The highest BCUT2D eigenvalue weighted by molar-refractivity contribution is 5.84. The van der Waals surface area contributed by atoms with Gasteiger partial charge in [-0.1, -0.05) is 6.07 Å². The lowest BCUT2D eigenvalue weighted by molar-refractivity contribution is 0.276. The molecule has 0 saturated heterocycles. The van der Waals surface area contributed by atoms with Crippen LogP contribution in [0.4, 0.5) is 0 Å². The second kappa shape index (κ2) is 4.46. The van der Waals surface area contributed by atoms with Crippen molar-refractivity contribution in [2.24, 2.45) is 0 Å². The van der Waals surface area contributed by atoms with Gasteiger partial charge in [0.2, 0.25) is 0 Å². The molecule has 5 heteroatoms. The van der Waals surface area contributed by atoms with Crippen LogP contribution < -0.4 is 4.74 Å². The third-order valence-electron chi connectivity index (χ3n) is 2.50. The number of pyridine rings is 1. The number of aromatic nitrogens is 2. The summed E-state index contributed by atoms with van der Waals surface area (Å²) in [6, 6.07) is 9.31. The molecule has 3 aromatic rings. The molecule has 18 heavy (non-hydrogen) atoms. The number of aliphatic hydroxyl groups is 1. The Morgan fingerprint density at radius 1 is 1.22 bits per heavy atom. The van der Waals surface area contributed by atoms with Crippen molar-refractivity contribution in [2.45, 2.75) is 6.61 Å². The predicted molar refractivity (Wildman–Crippen MR) is 64.2 cm³/mol. The highest BCUT2D eigenvalue weighted by atomic mass is 16.6. The standard InChI is InChI=1S/C13H10N2O3/c16-7-9-8-17-13(15-9)18-12-5-1-4-11-10(12)3-2-6-14-11/h1-6,8,16H,7H2. The first-order valence-corrected chi connectivity index (χ1v) is 5.43. The monoisotopic (exact) mass is 242 g/mol. The number of ether oxygens (including phenoxy) is 1. The van der Waals surface area contributed by atoms with Gasteiger partial charge >= 0.3 is 6.08 Å². The molecule has 0 fully saturated rings. The number of rotatable bonds is 3. The van der Waals surface area contributed by atoms with Crippen LogP contribution in [0.15, 0.2) is 47.2 Å². The van der Waals surface area contributed by atoms with Gasteiger partial charge in [-0.2, -0.15) is 4.98 Å². The first-order valence-electron chi connectivity index (χ1n) is 5.43. The van der Waals surface area contributed by atoms with E-state index in [4.69, 9.17) is 14.3 Å². The van der Waals surface area contributed by atoms with Gasteiger partial charge < -0.3 is 14.3 Å². The van der Waals surface area contributed by atoms with Crippen LogP contribution in [-0.4, -0.2) is 15.1 Å². The van der Waals surface area contributed by atoms with Crippen molar-refractivity contribution in [3.63, 3.8) is 0 Å². The topological polar surface area (TPSA) is 68.4 Å². The summed E-state index contributed by atoms with van der Waals surface area (Å²) < 4.78 is 10.6. The fourth-order valence-corrected chi connectivity index (χ4v) is 1.67. The molecule has 3 rings (SSSR count). The minimum Gasteiger partial charge on any atom is -0.417 e. The van der Waals surface area contributed by atoms with Gasteiger partial charge in [-0.05, 0) is 24.3 Å². The smallest absolute Gasteiger partial charge is 0.399 e. The van der Waals surface area contributed by atoms with E-state index in [-0.39, 0.29) is 12.7 Å². The number of benzene rings is 1. The molecule has 1 N–H and O–H groups in total. The Hall–Kier alpha value is -2.40. The van der Waals surface area contributed by atoms with E-state index in [2.05, 4.69) is 9.97 Å². The molecule has 5 nitrogen and oxygen atoms in total. The van der Waals surface area contributed by atoms with Crippen molar-refractivity contribution in [3.8, 4) is 11.8 Å². The molecule has 0 spiro atoms. The first-order chi connectivity index (χ1) is 8.86. The van der Waals surface area contributed by atoms with Gasteiger partial charge in [-0.25, -0.2) is 0 Å². The quantitative estimate of drug-likeness (QED) is 0.764. The van der Waals surface area contributed by atoms with Gasteiger partial charge in [0.25, 0.3) is 0 Å². The van der Waals surface area contributed by atoms with Crippen LogP contribution >= 0.6 is 0 Å². The molecule has 0 bridgehead atoms. The van der Waals surface area contributed by atoms with Crippen molar-refractivity contribution in [1.29, 1.82) is 0 Å². The van der Waals surface area contributed by atoms with Crippen LogP contribution in [0.2, 0.25) is 0 Å². The maximum absolute atomic E-state index is 8.90. The Bertz CT molecular complexity index is 673. The lowest BCUT2D eigenvalue weighted by Gasteiger charge is -2.04. The van der Waals surface area contributed by atoms with Crippen LogP contribution in [-0.2, 0) is 6.61 Å². The minimum absolute atomic E-state index is 0.107. The van der Waals surface area contributed by atoms with E-state index in [9.17, 15) is 0 Å². The first kappa shape index (κ1) is 10.7. The molecule has 0 aliphatic rings. The van der Waals surface area contributed by atoms with Crippen LogP contribution in [0, 0.1) is 0 Å². The lowest BCUT2D eigenvalue weighted by atomic mass is 10.2. The van der Waals surface area contributed by atoms with Crippen LogP contribution in [0.25, 0.3) is 10.9 Å². The predicted octanol–water partition coefficient (Wildman–Crippen LogP) is 2.51. The summed E-state index contributed by atoms with van der Waals surface area (Å²) in [6.45, 7) is -0.177. The fraction of sp³-hybridized carbons (Fsp3) is 0.0769. The molecule has 0 atom stereocenters. The Morgan fingerprint density at radius 3 is 3.00 bits per heavy atom. The highest BCUT2D eigenvalue weighted by Crippen LogP contribution is 2.28. The molecule has 0 amide bonds. The molecule has 90 valence electrons. The number of nitrogens with zero attached hydrogens (tertiary/aromatic N) is 2. The van der Waals surface area contributed by atoms with Gasteiger partial charge in [0.05, 0.1) is 12.1 Å². The molecule has 0 aliphatic carbocycles. The van der Waals surface area contributed by atoms with Crippen LogP contribution in [0.5, 0.6) is 11.8 Å². The summed E-state index contributed by atoms with van der Waals surface area (Å²) in [7, 11) is 0. The Labute approximate surface area is 103 Å². The maximum atomic E-state index is 8.90. The van der Waals surface area contributed by atoms with Crippen molar-refractivity contribution in [1.82, 2.24) is 9.97 Å². The van der Waals surface area contributed by atoms with Crippen molar-refractivity contribution in [3.05, 3.63) is 48.5 Å². The zero-order chi connectivity index (χ0) is 12.4. The molecule has 0 saturated carbocycles. The van der Waals surface area contributed by atoms with Gasteiger partial charge in [-0.3, -0.25) is 4.98 Å². The Kier molecular flexibility index (Phi) is 2.66. The number of hydrogen-bond acceptors (Lipinski definition) is 5. The van der Waals surface area contributed by atoms with Crippen molar-refractivity contribution < 1.29 is 14.3 Å². The summed E-state index contributed by atoms with van der Waals surface area (Å²) >= 11 is 0. The number of aliphatic hydroxyl groups excluding tert-OH is 1. The van der Waals surface area contributed by atoms with E-state index in [1.807, 2.05) is 30.3 Å². The van der Waals surface area contributed by atoms with E-state index in [1.54, 1.807) is 6.20 Å². The molecule has 2 heterocycles. The lowest BCUT2D eigenvalue weighted by Crippen LogP contribution is -1.88. The van der Waals surface area contributed by atoms with Gasteiger partial charge in [0.1, 0.15) is 17.7 Å². The fourth-order valence-electron chi connectivity index (χ4n) is 1.67. The maximum Gasteiger partial charge on any atom is 0.399 e. The van der Waals surface area contributed by atoms with E-state index in [1.165, 1.54) is 6.26 Å². The molecule has 0 unspecified atom stereocenters. The molecule has 0 radical (unpaired) electrons. The summed E-state index contributed by atoms with van der Waals surface area (Å²) in [5.74, 6) is 0.618. The molecule has 1 aromatic carbocycles. The summed E-state index contributed by atoms with van der Waals surface area (Å²) in [5, 5.41) is 9.78. The second-order valence-electron chi connectivity index (χ2n) is 3.69. The summed E-state index contributed by atoms with van der Waals surface area (Å²) in [4.78, 5) is 8.21. The SMILES string of the molecule is OCc1coc(Oc2cccc3ncccc23)n1. The van der Waals surface area contributed by atoms with Crippen molar-refractivity contribution in [2.75, 3.05) is 0 Å². The minimum atomic E-state index is -0.177. The van der Waals surface area contributed by atoms with E-state index >= 15 is 0 Å². The zero-order valence-electron chi connectivity index (χ0n) is 9.41. The largest absolute Gasteiger partial charge is 0.417 e. The summed E-state index contributed by atoms with van der Waals surface area (Å²) in [5.41, 5.74) is 1.27. The molecular formula is C13H10N2O3. The van der Waals surface area contributed by atoms with Crippen molar-refractivity contribution >= 4 is 10.9 Å². The van der Waals surface area contributed by atoms with Gasteiger partial charge in [0, 0.05) is 11.6 Å². The van der Waals surface area contributed by atoms with Gasteiger partial charge in [-0.15, -0.1) is 0 Å². The number of hydrogen-bond donors (Lipinski definition) is 1. The Morgan fingerprint density at radius 2 is 2.17 bits per heavy atom. The summed E-state index contributed by atoms with van der Waals surface area (Å²) in [6.07, 6.45) is 3.19. The zero-order valence-corrected chi connectivity index (χ0v) is 9.41. The third kappa shape index (κ3) is 1.91. The normalized spacial score (nSPS) is 10.7. The van der Waals surface area contributed by atoms with E-state index < -0.39 is 0 Å².